The highest BCUT2D eigenvalue weighted by molar-refractivity contribution is 7.80. The maximum Gasteiger partial charge on any atom is 0.173 e. The van der Waals surface area contributed by atoms with E-state index in [1.807, 2.05) is 24.3 Å². The zero-order valence-electron chi connectivity index (χ0n) is 18.6. The van der Waals surface area contributed by atoms with Crippen molar-refractivity contribution in [2.75, 3.05) is 0 Å². The van der Waals surface area contributed by atoms with Gasteiger partial charge < -0.3 is 14.8 Å². The molecule has 172 valence electrons. The van der Waals surface area contributed by atoms with Gasteiger partial charge in [-0.1, -0.05) is 121 Å². The van der Waals surface area contributed by atoms with E-state index >= 15 is 4.57 Å². The van der Waals surface area contributed by atoms with Crippen LogP contribution in [0.4, 0.5) is 0 Å². The van der Waals surface area contributed by atoms with Crippen LogP contribution < -0.4 is 10.6 Å². The Kier molecular flexibility index (Phi) is 7.54. The fraction of sp³-hybridized carbons (Fsp3) is 0.138. The van der Waals surface area contributed by atoms with Crippen LogP contribution in [0.3, 0.4) is 0 Å². The Labute approximate surface area is 199 Å². The SMILES string of the molecule is O=C(c1ccccc1)C(C[C@H](O)[C@@H](O)c1ccccc1)P(=O)(c1ccccc1)c1ccccc1. The molecule has 5 heteroatoms. The number of carbonyl (C=O) groups is 1. The van der Waals surface area contributed by atoms with Gasteiger partial charge in [0.05, 0.1) is 11.8 Å². The van der Waals surface area contributed by atoms with Crippen LogP contribution in [-0.4, -0.2) is 27.8 Å². The molecule has 3 atom stereocenters. The Bertz CT molecular complexity index is 1200. The number of ketones is 1. The molecule has 0 fully saturated rings. The highest BCUT2D eigenvalue weighted by Crippen LogP contribution is 2.52. The first-order chi connectivity index (χ1) is 16.5. The van der Waals surface area contributed by atoms with Gasteiger partial charge in [0.1, 0.15) is 6.10 Å². The Morgan fingerprint density at radius 1 is 0.647 bits per heavy atom. The molecule has 0 heterocycles. The highest BCUT2D eigenvalue weighted by atomic mass is 31.2. The summed E-state index contributed by atoms with van der Waals surface area (Å²) in [5, 5.41) is 23.0. The van der Waals surface area contributed by atoms with Crippen LogP contribution in [0.1, 0.15) is 28.4 Å². The van der Waals surface area contributed by atoms with Crippen molar-refractivity contribution in [1.82, 2.24) is 0 Å². The maximum absolute atomic E-state index is 15.0. The van der Waals surface area contributed by atoms with E-state index in [2.05, 4.69) is 0 Å². The Morgan fingerprint density at radius 2 is 1.06 bits per heavy atom. The lowest BCUT2D eigenvalue weighted by atomic mass is 9.97. The third kappa shape index (κ3) is 4.95. The average Bonchev–Trinajstić information content (AvgIpc) is 2.92. The molecular formula is C29H27O4P. The van der Waals surface area contributed by atoms with Crippen LogP contribution in [0.25, 0.3) is 0 Å². The van der Waals surface area contributed by atoms with Gasteiger partial charge in [-0.3, -0.25) is 4.79 Å². The molecule has 4 aromatic carbocycles. The minimum Gasteiger partial charge on any atom is -0.390 e. The number of aliphatic hydroxyl groups is 2. The lowest BCUT2D eigenvalue weighted by Gasteiger charge is -2.31. The summed E-state index contributed by atoms with van der Waals surface area (Å²) in [4.78, 5) is 13.9. The maximum atomic E-state index is 15.0. The Balaban J connectivity index is 1.83. The van der Waals surface area contributed by atoms with E-state index in [9.17, 15) is 15.0 Å². The molecule has 34 heavy (non-hydrogen) atoms. The number of benzene rings is 4. The van der Waals surface area contributed by atoms with E-state index in [-0.39, 0.29) is 12.2 Å². The van der Waals surface area contributed by atoms with E-state index in [1.165, 1.54) is 0 Å². The third-order valence-corrected chi connectivity index (χ3v) is 9.50. The predicted octanol–water partition coefficient (Wildman–Crippen LogP) is 4.74. The summed E-state index contributed by atoms with van der Waals surface area (Å²) in [6, 6.07) is 35.4. The summed E-state index contributed by atoms with van der Waals surface area (Å²) in [5.74, 6) is -0.323. The monoisotopic (exact) mass is 470 g/mol. The lowest BCUT2D eigenvalue weighted by Crippen LogP contribution is -2.36. The zero-order chi connectivity index (χ0) is 24.0. The van der Waals surface area contributed by atoms with Crippen molar-refractivity contribution in [2.45, 2.75) is 24.3 Å². The molecule has 0 bridgehead atoms. The summed E-state index contributed by atoms with van der Waals surface area (Å²) in [5.41, 5.74) is -0.107. The van der Waals surface area contributed by atoms with E-state index in [0.717, 1.165) is 0 Å². The minimum atomic E-state index is -3.56. The lowest BCUT2D eigenvalue weighted by molar-refractivity contribution is 0.0132. The van der Waals surface area contributed by atoms with E-state index < -0.39 is 25.0 Å². The molecule has 0 saturated heterocycles. The van der Waals surface area contributed by atoms with Crippen molar-refractivity contribution in [3.05, 3.63) is 132 Å². The van der Waals surface area contributed by atoms with Crippen molar-refractivity contribution in [2.24, 2.45) is 0 Å². The summed E-state index contributed by atoms with van der Waals surface area (Å²) < 4.78 is 15.0. The van der Waals surface area contributed by atoms with Gasteiger partial charge in [0, 0.05) is 16.2 Å². The molecule has 0 aliphatic carbocycles. The van der Waals surface area contributed by atoms with Gasteiger partial charge in [-0.15, -0.1) is 0 Å². The number of hydrogen-bond donors (Lipinski definition) is 2. The highest BCUT2D eigenvalue weighted by Gasteiger charge is 2.43. The first kappa shape index (κ1) is 23.8. The molecule has 1 unspecified atom stereocenters. The van der Waals surface area contributed by atoms with E-state index in [4.69, 9.17) is 0 Å². The first-order valence-corrected chi connectivity index (χ1v) is 13.0. The predicted molar refractivity (Wildman–Crippen MR) is 136 cm³/mol. The quantitative estimate of drug-likeness (QED) is 0.274. The smallest absolute Gasteiger partial charge is 0.173 e. The number of Topliss-reactive ketones (excluding diaryl/α,β-unsaturated/α-hetero) is 1. The van der Waals surface area contributed by atoms with Crippen molar-refractivity contribution in [3.8, 4) is 0 Å². The molecule has 0 aliphatic rings. The van der Waals surface area contributed by atoms with Crippen LogP contribution in [0.2, 0.25) is 0 Å². The van der Waals surface area contributed by atoms with E-state index in [1.54, 1.807) is 97.1 Å². The molecule has 0 spiro atoms. The molecule has 4 aromatic rings. The Morgan fingerprint density at radius 3 is 1.53 bits per heavy atom. The average molecular weight is 471 g/mol. The van der Waals surface area contributed by atoms with Gasteiger partial charge in [0.15, 0.2) is 12.9 Å². The van der Waals surface area contributed by atoms with Crippen molar-refractivity contribution in [1.29, 1.82) is 0 Å². The molecule has 0 aliphatic heterocycles. The Hall–Kier alpha value is -3.30. The number of aliphatic hydroxyl groups excluding tert-OH is 2. The third-order valence-electron chi connectivity index (χ3n) is 6.05. The van der Waals surface area contributed by atoms with Crippen LogP contribution in [-0.2, 0) is 4.57 Å². The van der Waals surface area contributed by atoms with Gasteiger partial charge in [0.25, 0.3) is 0 Å². The van der Waals surface area contributed by atoms with Gasteiger partial charge in [-0.05, 0) is 12.0 Å². The minimum absolute atomic E-state index is 0.162. The van der Waals surface area contributed by atoms with Gasteiger partial charge in [-0.2, -0.15) is 0 Å². The van der Waals surface area contributed by atoms with Crippen molar-refractivity contribution < 1.29 is 19.6 Å². The summed E-state index contributed by atoms with van der Waals surface area (Å²) >= 11 is 0. The second kappa shape index (κ2) is 10.8. The second-order valence-corrected chi connectivity index (χ2v) is 11.2. The van der Waals surface area contributed by atoms with Crippen LogP contribution in [0.15, 0.2) is 121 Å². The summed E-state index contributed by atoms with van der Waals surface area (Å²) in [6.45, 7) is 0. The fourth-order valence-corrected chi connectivity index (χ4v) is 7.49. The molecule has 0 radical (unpaired) electrons. The molecule has 4 rings (SSSR count). The molecule has 0 saturated carbocycles. The van der Waals surface area contributed by atoms with Gasteiger partial charge in [-0.25, -0.2) is 0 Å². The largest absolute Gasteiger partial charge is 0.390 e. The zero-order valence-corrected chi connectivity index (χ0v) is 19.5. The fourth-order valence-electron chi connectivity index (χ4n) is 4.25. The summed E-state index contributed by atoms with van der Waals surface area (Å²) in [6.07, 6.45) is -2.67. The van der Waals surface area contributed by atoms with E-state index in [0.29, 0.717) is 21.7 Å². The van der Waals surface area contributed by atoms with Crippen LogP contribution in [0.5, 0.6) is 0 Å². The van der Waals surface area contributed by atoms with Crippen molar-refractivity contribution in [3.63, 3.8) is 0 Å². The molecule has 4 nitrogen and oxygen atoms in total. The van der Waals surface area contributed by atoms with Crippen molar-refractivity contribution >= 4 is 23.5 Å². The number of hydrogen-bond acceptors (Lipinski definition) is 4. The van der Waals surface area contributed by atoms with Gasteiger partial charge >= 0.3 is 0 Å². The second-order valence-electron chi connectivity index (χ2n) is 8.23. The first-order valence-electron chi connectivity index (χ1n) is 11.2. The molecule has 0 amide bonds. The standard InChI is InChI=1S/C29H27O4P/c30-26(28(31)22-13-5-1-6-14-22)21-27(29(32)23-15-7-2-8-16-23)34(33,24-17-9-3-10-18-24)25-19-11-4-12-20-25/h1-20,26-28,30-31H,21H2/t26-,27?,28-/m0/s1. The molecule has 0 aromatic heterocycles. The summed E-state index contributed by atoms with van der Waals surface area (Å²) in [7, 11) is -3.56. The topological polar surface area (TPSA) is 74.6 Å². The number of carbonyl (C=O) groups excluding carboxylic acids is 1. The van der Waals surface area contributed by atoms with Crippen LogP contribution in [0, 0.1) is 0 Å². The normalized spacial score (nSPS) is 14.2. The molecule has 2 N–H and O–H groups in total. The van der Waals surface area contributed by atoms with Gasteiger partial charge in [0.2, 0.25) is 0 Å². The van der Waals surface area contributed by atoms with Crippen LogP contribution >= 0.6 is 7.14 Å². The molecular weight excluding hydrogens is 443 g/mol. The number of rotatable bonds is 9.